The van der Waals surface area contributed by atoms with Gasteiger partial charge in [-0.15, -0.1) is 0 Å². The molecule has 2 rings (SSSR count). The minimum Gasteiger partial charge on any atom is -0.330 e. The molecule has 1 heterocycles. The monoisotopic (exact) mass is 258 g/mol. The molecule has 0 aromatic carbocycles. The summed E-state index contributed by atoms with van der Waals surface area (Å²) in [7, 11) is 0. The molecule has 4 nitrogen and oxygen atoms in total. The third-order valence-corrected chi connectivity index (χ3v) is 4.12. The lowest BCUT2D eigenvalue weighted by Gasteiger charge is -2.31. The van der Waals surface area contributed by atoms with E-state index in [1.165, 1.54) is 19.3 Å². The van der Waals surface area contributed by atoms with Crippen LogP contribution in [0.25, 0.3) is 0 Å². The van der Waals surface area contributed by atoms with Crippen molar-refractivity contribution in [2.75, 3.05) is 13.1 Å². The van der Waals surface area contributed by atoms with Crippen molar-refractivity contribution in [3.05, 3.63) is 29.6 Å². The Hall–Kier alpha value is -1.44. The molecule has 1 saturated carbocycles. The maximum atomic E-state index is 8.90. The van der Waals surface area contributed by atoms with Crippen LogP contribution in [0.3, 0.4) is 0 Å². The average Bonchev–Trinajstić information content (AvgIpc) is 2.93. The number of rotatable bonds is 5. The minimum absolute atomic E-state index is 0.496. The maximum absolute atomic E-state index is 8.90. The summed E-state index contributed by atoms with van der Waals surface area (Å²) in [5.41, 5.74) is 7.53. The third-order valence-electron chi connectivity index (χ3n) is 4.12. The number of nitriles is 1. The fourth-order valence-electron chi connectivity index (χ4n) is 3.10. The summed E-state index contributed by atoms with van der Waals surface area (Å²) in [5.74, 6) is 0.622. The van der Waals surface area contributed by atoms with E-state index in [1.54, 1.807) is 6.20 Å². The second kappa shape index (κ2) is 6.65. The molecule has 0 spiro atoms. The molecule has 1 aromatic rings. The Morgan fingerprint density at radius 1 is 1.53 bits per heavy atom. The van der Waals surface area contributed by atoms with Gasteiger partial charge in [0.1, 0.15) is 11.8 Å². The SMILES string of the molecule is CCN(Cc1ccnc(C#N)c1)C1CCCC1CN. The zero-order valence-electron chi connectivity index (χ0n) is 11.5. The third kappa shape index (κ3) is 3.31. The maximum Gasteiger partial charge on any atom is 0.140 e. The number of aromatic nitrogens is 1. The highest BCUT2D eigenvalue weighted by molar-refractivity contribution is 5.25. The van der Waals surface area contributed by atoms with Gasteiger partial charge in [0.05, 0.1) is 0 Å². The quantitative estimate of drug-likeness (QED) is 0.876. The molecule has 2 unspecified atom stereocenters. The number of hydrogen-bond acceptors (Lipinski definition) is 4. The van der Waals surface area contributed by atoms with Crippen molar-refractivity contribution in [2.45, 2.75) is 38.8 Å². The molecule has 0 aliphatic heterocycles. The van der Waals surface area contributed by atoms with Crippen molar-refractivity contribution in [3.8, 4) is 6.07 Å². The summed E-state index contributed by atoms with van der Waals surface area (Å²) < 4.78 is 0. The van der Waals surface area contributed by atoms with Crippen molar-refractivity contribution in [2.24, 2.45) is 11.7 Å². The highest BCUT2D eigenvalue weighted by Crippen LogP contribution is 2.30. The number of nitrogens with two attached hydrogens (primary N) is 1. The van der Waals surface area contributed by atoms with Crippen LogP contribution in [0.4, 0.5) is 0 Å². The predicted molar refractivity (Wildman–Crippen MR) is 75.2 cm³/mol. The molecule has 1 aromatic heterocycles. The van der Waals surface area contributed by atoms with Crippen molar-refractivity contribution in [3.63, 3.8) is 0 Å². The van der Waals surface area contributed by atoms with Gasteiger partial charge in [0.25, 0.3) is 0 Å². The predicted octanol–water partition coefficient (Wildman–Crippen LogP) is 1.90. The van der Waals surface area contributed by atoms with Crippen molar-refractivity contribution < 1.29 is 0 Å². The van der Waals surface area contributed by atoms with Crippen LogP contribution in [0.2, 0.25) is 0 Å². The molecule has 2 N–H and O–H groups in total. The number of hydrogen-bond donors (Lipinski definition) is 1. The lowest BCUT2D eigenvalue weighted by atomic mass is 10.0. The van der Waals surface area contributed by atoms with Crippen molar-refractivity contribution in [1.29, 1.82) is 5.26 Å². The molecule has 19 heavy (non-hydrogen) atoms. The van der Waals surface area contributed by atoms with Gasteiger partial charge in [-0.3, -0.25) is 4.90 Å². The molecule has 0 amide bonds. The van der Waals surface area contributed by atoms with Gasteiger partial charge >= 0.3 is 0 Å². The van der Waals surface area contributed by atoms with E-state index in [4.69, 9.17) is 11.0 Å². The van der Waals surface area contributed by atoms with Gasteiger partial charge in [0.15, 0.2) is 0 Å². The summed E-state index contributed by atoms with van der Waals surface area (Å²) in [4.78, 5) is 6.51. The number of pyridine rings is 1. The van der Waals surface area contributed by atoms with Crippen LogP contribution in [0.15, 0.2) is 18.3 Å². The fraction of sp³-hybridized carbons (Fsp3) is 0.600. The molecule has 2 atom stereocenters. The Balaban J connectivity index is 2.08. The van der Waals surface area contributed by atoms with Crippen LogP contribution >= 0.6 is 0 Å². The molecular formula is C15H22N4. The lowest BCUT2D eigenvalue weighted by molar-refractivity contribution is 0.162. The highest BCUT2D eigenvalue weighted by Gasteiger charge is 2.30. The average molecular weight is 258 g/mol. The lowest BCUT2D eigenvalue weighted by Crippen LogP contribution is -2.39. The Morgan fingerprint density at radius 2 is 2.37 bits per heavy atom. The normalized spacial score (nSPS) is 22.6. The fourth-order valence-corrected chi connectivity index (χ4v) is 3.10. The highest BCUT2D eigenvalue weighted by atomic mass is 15.2. The van der Waals surface area contributed by atoms with Crippen LogP contribution in [0.1, 0.15) is 37.4 Å². The molecule has 1 aliphatic carbocycles. The van der Waals surface area contributed by atoms with Gasteiger partial charge in [0, 0.05) is 18.8 Å². The summed E-state index contributed by atoms with van der Waals surface area (Å²) in [6.07, 6.45) is 5.49. The van der Waals surface area contributed by atoms with Crippen LogP contribution < -0.4 is 5.73 Å². The number of nitrogens with zero attached hydrogens (tertiary/aromatic N) is 3. The topological polar surface area (TPSA) is 65.9 Å². The van der Waals surface area contributed by atoms with Gasteiger partial charge in [-0.05, 0) is 49.5 Å². The first kappa shape index (κ1) is 14.0. The first-order valence-electron chi connectivity index (χ1n) is 7.07. The van der Waals surface area contributed by atoms with Crippen LogP contribution in [-0.4, -0.2) is 29.0 Å². The summed E-state index contributed by atoms with van der Waals surface area (Å²) >= 11 is 0. The van der Waals surface area contributed by atoms with Gasteiger partial charge in [-0.2, -0.15) is 5.26 Å². The van der Waals surface area contributed by atoms with E-state index in [2.05, 4.69) is 22.9 Å². The van der Waals surface area contributed by atoms with Gasteiger partial charge in [-0.25, -0.2) is 4.98 Å². The van der Waals surface area contributed by atoms with E-state index < -0.39 is 0 Å². The Bertz CT molecular complexity index is 452. The summed E-state index contributed by atoms with van der Waals surface area (Å²) in [6, 6.07) is 6.57. The van der Waals surface area contributed by atoms with Crippen LogP contribution in [0.5, 0.6) is 0 Å². The zero-order chi connectivity index (χ0) is 13.7. The first-order chi connectivity index (χ1) is 9.28. The second-order valence-electron chi connectivity index (χ2n) is 5.22. The molecule has 0 bridgehead atoms. The smallest absolute Gasteiger partial charge is 0.140 e. The molecule has 0 radical (unpaired) electrons. The van der Waals surface area contributed by atoms with E-state index in [1.807, 2.05) is 12.1 Å². The van der Waals surface area contributed by atoms with Crippen LogP contribution in [0, 0.1) is 17.2 Å². The molecular weight excluding hydrogens is 236 g/mol. The zero-order valence-corrected chi connectivity index (χ0v) is 11.5. The van der Waals surface area contributed by atoms with E-state index in [0.717, 1.165) is 25.2 Å². The summed E-state index contributed by atoms with van der Waals surface area (Å²) in [6.45, 7) is 4.87. The summed E-state index contributed by atoms with van der Waals surface area (Å²) in [5, 5.41) is 8.90. The van der Waals surface area contributed by atoms with E-state index in [0.29, 0.717) is 17.7 Å². The van der Waals surface area contributed by atoms with Crippen molar-refractivity contribution in [1.82, 2.24) is 9.88 Å². The Labute approximate surface area is 115 Å². The molecule has 1 fully saturated rings. The first-order valence-corrected chi connectivity index (χ1v) is 7.07. The minimum atomic E-state index is 0.496. The second-order valence-corrected chi connectivity index (χ2v) is 5.22. The molecule has 1 aliphatic rings. The Kier molecular flexibility index (Phi) is 4.89. The largest absolute Gasteiger partial charge is 0.330 e. The standard InChI is InChI=1S/C15H22N4/c1-2-19(15-5-3-4-13(15)9-16)11-12-6-7-18-14(8-12)10-17/h6-8,13,15H,2-5,9,11,16H2,1H3. The molecule has 0 saturated heterocycles. The van der Waals surface area contributed by atoms with Crippen molar-refractivity contribution >= 4 is 0 Å². The molecule has 102 valence electrons. The molecule has 4 heteroatoms. The Morgan fingerprint density at radius 3 is 3.05 bits per heavy atom. The van der Waals surface area contributed by atoms with Gasteiger partial charge in [0.2, 0.25) is 0 Å². The van der Waals surface area contributed by atoms with Gasteiger partial charge in [-0.1, -0.05) is 13.3 Å². The van der Waals surface area contributed by atoms with Gasteiger partial charge < -0.3 is 5.73 Å². The van der Waals surface area contributed by atoms with E-state index in [9.17, 15) is 0 Å². The van der Waals surface area contributed by atoms with E-state index >= 15 is 0 Å². The van der Waals surface area contributed by atoms with E-state index in [-0.39, 0.29) is 0 Å². The van der Waals surface area contributed by atoms with Crippen LogP contribution in [-0.2, 0) is 6.54 Å².